The Morgan fingerprint density at radius 2 is 1.89 bits per heavy atom. The van der Waals surface area contributed by atoms with Gasteiger partial charge in [-0.1, -0.05) is 31.2 Å². The Hall–Kier alpha value is -0.860. The third-order valence-electron chi connectivity index (χ3n) is 3.99. The highest BCUT2D eigenvalue weighted by Crippen LogP contribution is 2.21. The van der Waals surface area contributed by atoms with Crippen molar-refractivity contribution in [1.82, 2.24) is 5.32 Å². The third kappa shape index (κ3) is 3.82. The predicted molar refractivity (Wildman–Crippen MR) is 75.7 cm³/mol. The summed E-state index contributed by atoms with van der Waals surface area (Å²) in [5.74, 6) is 0. The maximum atomic E-state index is 5.46. The van der Waals surface area contributed by atoms with Gasteiger partial charge in [0, 0.05) is 19.7 Å². The van der Waals surface area contributed by atoms with Gasteiger partial charge in [-0.15, -0.1) is 0 Å². The number of aryl methyl sites for hydroxylation is 1. The maximum absolute atomic E-state index is 5.46. The molecule has 100 valence electrons. The van der Waals surface area contributed by atoms with E-state index in [-0.39, 0.29) is 0 Å². The van der Waals surface area contributed by atoms with Crippen LogP contribution in [-0.4, -0.2) is 19.3 Å². The second kappa shape index (κ2) is 6.91. The zero-order chi connectivity index (χ0) is 12.8. The third-order valence-corrected chi connectivity index (χ3v) is 3.99. The van der Waals surface area contributed by atoms with Crippen molar-refractivity contribution in [3.05, 3.63) is 35.4 Å². The lowest BCUT2D eigenvalue weighted by molar-refractivity contribution is 0.0586. The van der Waals surface area contributed by atoms with Crippen molar-refractivity contribution in [2.24, 2.45) is 0 Å². The fourth-order valence-electron chi connectivity index (χ4n) is 2.70. The minimum Gasteiger partial charge on any atom is -0.381 e. The monoisotopic (exact) mass is 247 g/mol. The predicted octanol–water partition coefficient (Wildman–Crippen LogP) is 3.30. The summed E-state index contributed by atoms with van der Waals surface area (Å²) in [6, 6.07) is 9.56. The van der Waals surface area contributed by atoms with Gasteiger partial charge >= 0.3 is 0 Å². The van der Waals surface area contributed by atoms with Crippen LogP contribution in [0.2, 0.25) is 0 Å². The highest BCUT2D eigenvalue weighted by atomic mass is 16.5. The van der Waals surface area contributed by atoms with E-state index in [0.29, 0.717) is 12.1 Å². The Morgan fingerprint density at radius 1 is 1.17 bits per heavy atom. The average Bonchev–Trinajstić information content (AvgIpc) is 2.46. The fourth-order valence-corrected chi connectivity index (χ4v) is 2.70. The van der Waals surface area contributed by atoms with Gasteiger partial charge in [0.05, 0.1) is 6.10 Å². The van der Waals surface area contributed by atoms with Gasteiger partial charge in [0.15, 0.2) is 0 Å². The summed E-state index contributed by atoms with van der Waals surface area (Å²) >= 11 is 0. The van der Waals surface area contributed by atoms with Crippen LogP contribution in [0.5, 0.6) is 0 Å². The Morgan fingerprint density at radius 3 is 2.56 bits per heavy atom. The molecule has 0 aromatic heterocycles. The molecule has 0 spiro atoms. The minimum absolute atomic E-state index is 0.457. The first-order chi connectivity index (χ1) is 8.81. The first kappa shape index (κ1) is 13.6. The molecule has 2 atom stereocenters. The van der Waals surface area contributed by atoms with Crippen LogP contribution in [0.25, 0.3) is 0 Å². The smallest absolute Gasteiger partial charge is 0.0586 e. The molecule has 1 aromatic carbocycles. The average molecular weight is 247 g/mol. The summed E-state index contributed by atoms with van der Waals surface area (Å²) in [6.45, 7) is 3.17. The van der Waals surface area contributed by atoms with Crippen LogP contribution in [-0.2, 0) is 17.7 Å². The molecule has 0 heterocycles. The maximum Gasteiger partial charge on any atom is 0.0586 e. The van der Waals surface area contributed by atoms with E-state index in [4.69, 9.17) is 4.74 Å². The van der Waals surface area contributed by atoms with Gasteiger partial charge in [-0.2, -0.15) is 0 Å². The SMILES string of the molecule is CCc1ccc(CNC2CCCC(OC)C2)cc1. The number of benzene rings is 1. The van der Waals surface area contributed by atoms with Crippen molar-refractivity contribution in [3.8, 4) is 0 Å². The molecule has 2 heteroatoms. The van der Waals surface area contributed by atoms with Gasteiger partial charge in [0.2, 0.25) is 0 Å². The molecule has 1 aliphatic carbocycles. The molecular formula is C16H25NO. The number of ether oxygens (including phenoxy) is 1. The standard InChI is InChI=1S/C16H25NO/c1-3-13-7-9-14(10-8-13)12-17-15-5-4-6-16(11-15)18-2/h7-10,15-17H,3-6,11-12H2,1-2H3. The highest BCUT2D eigenvalue weighted by Gasteiger charge is 2.20. The molecule has 0 radical (unpaired) electrons. The molecular weight excluding hydrogens is 222 g/mol. The molecule has 1 aliphatic rings. The second-order valence-corrected chi connectivity index (χ2v) is 5.27. The largest absolute Gasteiger partial charge is 0.381 e. The second-order valence-electron chi connectivity index (χ2n) is 5.27. The van der Waals surface area contributed by atoms with Crippen molar-refractivity contribution in [1.29, 1.82) is 0 Å². The van der Waals surface area contributed by atoms with Crippen LogP contribution < -0.4 is 5.32 Å². The first-order valence-corrected chi connectivity index (χ1v) is 7.15. The Labute approximate surface area is 111 Å². The topological polar surface area (TPSA) is 21.3 Å². The molecule has 0 aliphatic heterocycles. The van der Waals surface area contributed by atoms with E-state index in [1.54, 1.807) is 0 Å². The van der Waals surface area contributed by atoms with Crippen LogP contribution in [0.15, 0.2) is 24.3 Å². The van der Waals surface area contributed by atoms with Gasteiger partial charge in [-0.3, -0.25) is 0 Å². The van der Waals surface area contributed by atoms with E-state index in [1.807, 2.05) is 7.11 Å². The van der Waals surface area contributed by atoms with Crippen LogP contribution in [0.3, 0.4) is 0 Å². The fraction of sp³-hybridized carbons (Fsp3) is 0.625. The molecule has 1 aromatic rings. The van der Waals surface area contributed by atoms with E-state index < -0.39 is 0 Å². The quantitative estimate of drug-likeness (QED) is 0.862. The first-order valence-electron chi connectivity index (χ1n) is 7.15. The van der Waals surface area contributed by atoms with Crippen LogP contribution in [0.4, 0.5) is 0 Å². The summed E-state index contributed by atoms with van der Waals surface area (Å²) in [5, 5.41) is 3.66. The molecule has 0 bridgehead atoms. The summed E-state index contributed by atoms with van der Waals surface area (Å²) in [4.78, 5) is 0. The molecule has 0 amide bonds. The number of methoxy groups -OCH3 is 1. The molecule has 18 heavy (non-hydrogen) atoms. The van der Waals surface area contributed by atoms with Crippen molar-refractivity contribution in [3.63, 3.8) is 0 Å². The molecule has 1 saturated carbocycles. The molecule has 2 rings (SSSR count). The Balaban J connectivity index is 1.79. The highest BCUT2D eigenvalue weighted by molar-refractivity contribution is 5.22. The van der Waals surface area contributed by atoms with E-state index in [0.717, 1.165) is 19.4 Å². The van der Waals surface area contributed by atoms with Crippen molar-refractivity contribution >= 4 is 0 Å². The van der Waals surface area contributed by atoms with Crippen molar-refractivity contribution in [2.45, 2.75) is 57.7 Å². The summed E-state index contributed by atoms with van der Waals surface area (Å²) in [6.07, 6.45) is 6.52. The normalized spacial score (nSPS) is 24.1. The number of rotatable bonds is 5. The number of hydrogen-bond donors (Lipinski definition) is 1. The van der Waals surface area contributed by atoms with E-state index >= 15 is 0 Å². The molecule has 2 nitrogen and oxygen atoms in total. The van der Waals surface area contributed by atoms with Gasteiger partial charge in [0.25, 0.3) is 0 Å². The van der Waals surface area contributed by atoms with Gasteiger partial charge < -0.3 is 10.1 Å². The van der Waals surface area contributed by atoms with Crippen LogP contribution in [0, 0.1) is 0 Å². The zero-order valence-electron chi connectivity index (χ0n) is 11.6. The summed E-state index contributed by atoms with van der Waals surface area (Å²) in [5.41, 5.74) is 2.79. The van der Waals surface area contributed by atoms with Gasteiger partial charge in [-0.25, -0.2) is 0 Å². The Kier molecular flexibility index (Phi) is 5.21. The lowest BCUT2D eigenvalue weighted by Gasteiger charge is -2.29. The molecule has 1 fully saturated rings. The van der Waals surface area contributed by atoms with Crippen LogP contribution >= 0.6 is 0 Å². The van der Waals surface area contributed by atoms with Crippen molar-refractivity contribution < 1.29 is 4.74 Å². The van der Waals surface area contributed by atoms with E-state index in [2.05, 4.69) is 36.5 Å². The lowest BCUT2D eigenvalue weighted by Crippen LogP contribution is -2.36. The van der Waals surface area contributed by atoms with Crippen molar-refractivity contribution in [2.75, 3.05) is 7.11 Å². The van der Waals surface area contributed by atoms with E-state index in [1.165, 1.54) is 30.4 Å². The van der Waals surface area contributed by atoms with Gasteiger partial charge in [0.1, 0.15) is 0 Å². The van der Waals surface area contributed by atoms with Gasteiger partial charge in [-0.05, 0) is 43.2 Å². The number of nitrogens with one attached hydrogen (secondary N) is 1. The molecule has 2 unspecified atom stereocenters. The van der Waals surface area contributed by atoms with E-state index in [9.17, 15) is 0 Å². The lowest BCUT2D eigenvalue weighted by atomic mass is 9.92. The summed E-state index contributed by atoms with van der Waals surface area (Å²) < 4.78 is 5.46. The summed E-state index contributed by atoms with van der Waals surface area (Å²) in [7, 11) is 1.83. The Bertz CT molecular complexity index is 347. The minimum atomic E-state index is 0.457. The zero-order valence-corrected chi connectivity index (χ0v) is 11.6. The molecule has 1 N–H and O–H groups in total. The molecule has 0 saturated heterocycles. The number of hydrogen-bond acceptors (Lipinski definition) is 2. The van der Waals surface area contributed by atoms with Crippen LogP contribution in [0.1, 0.15) is 43.7 Å².